The molecular weight excluding hydrogens is 250 g/mol. The third kappa shape index (κ3) is 4.26. The van der Waals surface area contributed by atoms with Crippen molar-refractivity contribution < 1.29 is 31.4 Å². The van der Waals surface area contributed by atoms with Gasteiger partial charge in [-0.15, -0.1) is 0 Å². The molecule has 1 aromatic rings. The number of hydrogen-bond acceptors (Lipinski definition) is 1. The van der Waals surface area contributed by atoms with Crippen LogP contribution in [-0.4, -0.2) is 11.3 Å². The normalized spacial score (nSPS) is 14.8. The second kappa shape index (κ2) is 4.56. The maximum Gasteiger partial charge on any atom is 0.416 e. The predicted octanol–water partition coefficient (Wildman–Crippen LogP) is 3.69. The van der Waals surface area contributed by atoms with Gasteiger partial charge in [0, 0.05) is 0 Å². The Labute approximate surface area is 92.7 Å². The highest BCUT2D eigenvalue weighted by atomic mass is 19.4. The number of halogens is 6. The van der Waals surface area contributed by atoms with Crippen LogP contribution in [0.3, 0.4) is 0 Å². The molecular formula is C10H8F6O. The minimum Gasteiger partial charge on any atom is -0.388 e. The van der Waals surface area contributed by atoms with Crippen LogP contribution < -0.4 is 0 Å². The van der Waals surface area contributed by atoms with E-state index in [9.17, 15) is 26.3 Å². The van der Waals surface area contributed by atoms with Crippen molar-refractivity contribution in [3.8, 4) is 0 Å². The molecule has 0 spiro atoms. The summed E-state index contributed by atoms with van der Waals surface area (Å²) in [6.07, 6.45) is -12.8. The Kier molecular flexibility index (Phi) is 3.71. The Hall–Kier alpha value is -1.24. The highest BCUT2D eigenvalue weighted by Gasteiger charge is 2.34. The molecule has 0 fully saturated rings. The van der Waals surface area contributed by atoms with E-state index in [1.54, 1.807) is 0 Å². The molecule has 7 heteroatoms. The van der Waals surface area contributed by atoms with Gasteiger partial charge in [0.2, 0.25) is 0 Å². The fourth-order valence-corrected chi connectivity index (χ4v) is 1.26. The van der Waals surface area contributed by atoms with Crippen LogP contribution in [0.1, 0.15) is 23.7 Å². The molecule has 96 valence electrons. The molecule has 1 rings (SSSR count). The fourth-order valence-electron chi connectivity index (χ4n) is 1.26. The zero-order valence-corrected chi connectivity index (χ0v) is 8.31. The largest absolute Gasteiger partial charge is 0.416 e. The van der Waals surface area contributed by atoms with Crippen molar-refractivity contribution in [3.63, 3.8) is 0 Å². The summed E-state index contributed by atoms with van der Waals surface area (Å²) in [5.41, 5.74) is -1.49. The summed E-state index contributed by atoms with van der Waals surface area (Å²) in [4.78, 5) is 0. The summed E-state index contributed by atoms with van der Waals surface area (Å²) in [5.74, 6) is 0. The van der Waals surface area contributed by atoms with Crippen LogP contribution in [0.5, 0.6) is 0 Å². The second-order valence-corrected chi connectivity index (χ2v) is 3.46. The van der Waals surface area contributed by atoms with Crippen LogP contribution in [0, 0.1) is 0 Å². The lowest BCUT2D eigenvalue weighted by molar-refractivity contribution is -0.154. The van der Waals surface area contributed by atoms with Crippen LogP contribution >= 0.6 is 0 Å². The fraction of sp³-hybridized carbons (Fsp3) is 0.400. The molecule has 0 aliphatic rings. The number of hydrogen-bond donors (Lipinski definition) is 1. The molecule has 0 saturated heterocycles. The molecule has 0 heterocycles. The molecule has 1 atom stereocenters. The molecule has 0 radical (unpaired) electrons. The zero-order chi connectivity index (χ0) is 13.3. The summed E-state index contributed by atoms with van der Waals surface area (Å²) >= 11 is 0. The summed E-state index contributed by atoms with van der Waals surface area (Å²) in [6.45, 7) is 0. The van der Waals surface area contributed by atoms with E-state index >= 15 is 0 Å². The van der Waals surface area contributed by atoms with Crippen LogP contribution in [0.2, 0.25) is 0 Å². The first kappa shape index (κ1) is 13.8. The molecule has 1 unspecified atom stereocenters. The average Bonchev–Trinajstić information content (AvgIpc) is 2.14. The standard InChI is InChI=1S/C10H8F6O/c11-9(12,13)5-8(17)6-2-1-3-7(4-6)10(14,15)16/h1-4,8,17H,5H2. The smallest absolute Gasteiger partial charge is 0.388 e. The van der Waals surface area contributed by atoms with E-state index in [1.165, 1.54) is 0 Å². The van der Waals surface area contributed by atoms with E-state index in [4.69, 9.17) is 5.11 Å². The molecule has 17 heavy (non-hydrogen) atoms. The van der Waals surface area contributed by atoms with Gasteiger partial charge >= 0.3 is 12.4 Å². The molecule has 0 amide bonds. The minimum absolute atomic E-state index is 0.405. The van der Waals surface area contributed by atoms with Gasteiger partial charge in [0.25, 0.3) is 0 Å². The van der Waals surface area contributed by atoms with Gasteiger partial charge in [-0.25, -0.2) is 0 Å². The topological polar surface area (TPSA) is 20.2 Å². The number of rotatable bonds is 2. The highest BCUT2D eigenvalue weighted by Crippen LogP contribution is 2.33. The third-order valence-corrected chi connectivity index (χ3v) is 2.02. The van der Waals surface area contributed by atoms with E-state index in [0.29, 0.717) is 6.07 Å². The van der Waals surface area contributed by atoms with E-state index in [-0.39, 0.29) is 0 Å². The molecule has 0 aliphatic carbocycles. The Morgan fingerprint density at radius 1 is 1.06 bits per heavy atom. The third-order valence-electron chi connectivity index (χ3n) is 2.02. The Bertz CT molecular complexity index is 381. The molecule has 0 aromatic heterocycles. The molecule has 0 aliphatic heterocycles. The number of aliphatic hydroxyl groups is 1. The zero-order valence-electron chi connectivity index (χ0n) is 8.31. The Morgan fingerprint density at radius 3 is 2.12 bits per heavy atom. The van der Waals surface area contributed by atoms with E-state index in [2.05, 4.69) is 0 Å². The molecule has 1 aromatic carbocycles. The maximum atomic E-state index is 12.3. The van der Waals surface area contributed by atoms with Crippen molar-refractivity contribution in [1.82, 2.24) is 0 Å². The van der Waals surface area contributed by atoms with Crippen molar-refractivity contribution in [3.05, 3.63) is 35.4 Å². The van der Waals surface area contributed by atoms with Crippen LogP contribution in [0.25, 0.3) is 0 Å². The monoisotopic (exact) mass is 258 g/mol. The summed E-state index contributed by atoms with van der Waals surface area (Å²) < 4.78 is 72.6. The Morgan fingerprint density at radius 2 is 1.65 bits per heavy atom. The van der Waals surface area contributed by atoms with Crippen LogP contribution in [0.15, 0.2) is 24.3 Å². The second-order valence-electron chi connectivity index (χ2n) is 3.46. The van der Waals surface area contributed by atoms with Crippen LogP contribution in [0.4, 0.5) is 26.3 Å². The summed E-state index contributed by atoms with van der Waals surface area (Å²) in [5, 5.41) is 9.16. The molecule has 0 saturated carbocycles. The van der Waals surface area contributed by atoms with Gasteiger partial charge in [-0.2, -0.15) is 26.3 Å². The van der Waals surface area contributed by atoms with Crippen molar-refractivity contribution in [2.45, 2.75) is 24.9 Å². The van der Waals surface area contributed by atoms with E-state index in [1.807, 2.05) is 0 Å². The summed E-state index contributed by atoms with van der Waals surface area (Å²) in [7, 11) is 0. The Balaban J connectivity index is 2.92. The highest BCUT2D eigenvalue weighted by molar-refractivity contribution is 5.27. The SMILES string of the molecule is OC(CC(F)(F)F)c1cccc(C(F)(F)F)c1. The van der Waals surface area contributed by atoms with Gasteiger partial charge in [-0.3, -0.25) is 0 Å². The van der Waals surface area contributed by atoms with E-state index < -0.39 is 36.0 Å². The van der Waals surface area contributed by atoms with Crippen molar-refractivity contribution >= 4 is 0 Å². The van der Waals surface area contributed by atoms with Crippen LogP contribution in [-0.2, 0) is 6.18 Å². The first-order valence-electron chi connectivity index (χ1n) is 4.51. The lowest BCUT2D eigenvalue weighted by Crippen LogP contribution is -2.14. The summed E-state index contributed by atoms with van der Waals surface area (Å²) in [6, 6.07) is 3.21. The number of alkyl halides is 6. The van der Waals surface area contributed by atoms with Crippen molar-refractivity contribution in [2.75, 3.05) is 0 Å². The minimum atomic E-state index is -4.64. The first-order chi connectivity index (χ1) is 7.59. The first-order valence-corrected chi connectivity index (χ1v) is 4.51. The molecule has 0 bridgehead atoms. The van der Waals surface area contributed by atoms with Gasteiger partial charge in [0.05, 0.1) is 18.1 Å². The molecule has 1 N–H and O–H groups in total. The van der Waals surface area contributed by atoms with Gasteiger partial charge in [-0.05, 0) is 17.7 Å². The van der Waals surface area contributed by atoms with Crippen molar-refractivity contribution in [2.24, 2.45) is 0 Å². The quantitative estimate of drug-likeness (QED) is 0.802. The van der Waals surface area contributed by atoms with E-state index in [0.717, 1.165) is 18.2 Å². The van der Waals surface area contributed by atoms with Gasteiger partial charge in [-0.1, -0.05) is 12.1 Å². The number of benzene rings is 1. The lowest BCUT2D eigenvalue weighted by atomic mass is 10.0. The maximum absolute atomic E-state index is 12.3. The lowest BCUT2D eigenvalue weighted by Gasteiger charge is -2.15. The van der Waals surface area contributed by atoms with Gasteiger partial charge in [0.1, 0.15) is 0 Å². The molecule has 1 nitrogen and oxygen atoms in total. The number of aliphatic hydroxyl groups excluding tert-OH is 1. The van der Waals surface area contributed by atoms with Gasteiger partial charge < -0.3 is 5.11 Å². The predicted molar refractivity (Wildman–Crippen MR) is 47.1 cm³/mol. The average molecular weight is 258 g/mol. The van der Waals surface area contributed by atoms with Gasteiger partial charge in [0.15, 0.2) is 0 Å². The van der Waals surface area contributed by atoms with Crippen molar-refractivity contribution in [1.29, 1.82) is 0 Å².